The van der Waals surface area contributed by atoms with Gasteiger partial charge in [0, 0.05) is 12.0 Å². The zero-order chi connectivity index (χ0) is 19.4. The quantitative estimate of drug-likeness (QED) is 0.661. The van der Waals surface area contributed by atoms with E-state index in [0.717, 1.165) is 17.0 Å². The van der Waals surface area contributed by atoms with Gasteiger partial charge in [0.25, 0.3) is 0 Å². The average molecular weight is 365 g/mol. The van der Waals surface area contributed by atoms with E-state index in [9.17, 15) is 9.90 Å². The van der Waals surface area contributed by atoms with Crippen LogP contribution in [0.5, 0.6) is 5.75 Å². The number of nitrogens with zero attached hydrogens (tertiary/aromatic N) is 1. The van der Waals surface area contributed by atoms with Gasteiger partial charge in [0.05, 0.1) is 17.7 Å². The summed E-state index contributed by atoms with van der Waals surface area (Å²) in [6.45, 7) is 5.68. The molecular formula is C22H23NO4. The molecule has 0 radical (unpaired) electrons. The number of aryl methyl sites for hydroxylation is 1. The zero-order valence-corrected chi connectivity index (χ0v) is 15.7. The van der Waals surface area contributed by atoms with Crippen molar-refractivity contribution < 1.29 is 19.1 Å². The highest BCUT2D eigenvalue weighted by atomic mass is 16.5. The van der Waals surface area contributed by atoms with Gasteiger partial charge in [-0.15, -0.1) is 0 Å². The second kappa shape index (κ2) is 7.66. The summed E-state index contributed by atoms with van der Waals surface area (Å²) >= 11 is 0. The van der Waals surface area contributed by atoms with Crippen LogP contribution in [0.1, 0.15) is 30.9 Å². The van der Waals surface area contributed by atoms with E-state index < -0.39 is 11.4 Å². The lowest BCUT2D eigenvalue weighted by Crippen LogP contribution is -2.28. The molecule has 0 unspecified atom stereocenters. The summed E-state index contributed by atoms with van der Waals surface area (Å²) in [6, 6.07) is 17.0. The van der Waals surface area contributed by atoms with E-state index in [4.69, 9.17) is 9.15 Å². The Balaban J connectivity index is 1.66. The molecule has 5 nitrogen and oxygen atoms in total. The molecule has 0 aliphatic carbocycles. The van der Waals surface area contributed by atoms with Gasteiger partial charge in [0.1, 0.15) is 11.5 Å². The van der Waals surface area contributed by atoms with Crippen molar-refractivity contribution in [3.63, 3.8) is 0 Å². The van der Waals surface area contributed by atoms with Gasteiger partial charge in [-0.05, 0) is 50.6 Å². The molecule has 1 N–H and O–H groups in total. The van der Waals surface area contributed by atoms with Crippen LogP contribution in [0, 0.1) is 6.92 Å². The van der Waals surface area contributed by atoms with E-state index in [2.05, 4.69) is 4.98 Å². The number of oxazole rings is 1. The summed E-state index contributed by atoms with van der Waals surface area (Å²) in [5, 5.41) is 9.38. The Morgan fingerprint density at radius 1 is 1.15 bits per heavy atom. The predicted molar refractivity (Wildman–Crippen MR) is 103 cm³/mol. The van der Waals surface area contributed by atoms with E-state index in [1.165, 1.54) is 0 Å². The fourth-order valence-corrected chi connectivity index (χ4v) is 2.73. The van der Waals surface area contributed by atoms with Gasteiger partial charge in [0.15, 0.2) is 0 Å². The van der Waals surface area contributed by atoms with Crippen LogP contribution in [0.4, 0.5) is 0 Å². The van der Waals surface area contributed by atoms with Crippen LogP contribution in [-0.4, -0.2) is 22.7 Å². The largest absolute Gasteiger partial charge is 0.493 e. The minimum Gasteiger partial charge on any atom is -0.493 e. The van der Waals surface area contributed by atoms with Gasteiger partial charge in [-0.2, -0.15) is 0 Å². The number of rotatable bonds is 7. The Hall–Kier alpha value is -3.08. The predicted octanol–water partition coefficient (Wildman–Crippen LogP) is 4.63. The van der Waals surface area contributed by atoms with Gasteiger partial charge in [-0.25, -0.2) is 4.98 Å². The molecule has 0 amide bonds. The van der Waals surface area contributed by atoms with Crippen molar-refractivity contribution in [2.45, 2.75) is 32.6 Å². The second-order valence-corrected chi connectivity index (χ2v) is 6.94. The molecule has 0 aliphatic heterocycles. The molecule has 0 saturated carbocycles. The van der Waals surface area contributed by atoms with Crippen LogP contribution in [0.15, 0.2) is 59.0 Å². The number of carboxylic acids is 1. The number of carbonyl (C=O) groups is 1. The van der Waals surface area contributed by atoms with E-state index in [0.29, 0.717) is 30.2 Å². The van der Waals surface area contributed by atoms with Gasteiger partial charge in [0.2, 0.25) is 5.89 Å². The number of hydrogen-bond acceptors (Lipinski definition) is 4. The number of hydrogen-bond donors (Lipinski definition) is 1. The lowest BCUT2D eigenvalue weighted by molar-refractivity contribution is -0.142. The SMILES string of the molecule is Cc1oc(-c2ccccc2)nc1CCOc1cccc(C(C)(C)C(=O)O)c1. The van der Waals surface area contributed by atoms with Gasteiger partial charge < -0.3 is 14.3 Å². The topological polar surface area (TPSA) is 72.6 Å². The Bertz CT molecular complexity index is 928. The third-order valence-corrected chi connectivity index (χ3v) is 4.61. The Labute approximate surface area is 158 Å². The highest BCUT2D eigenvalue weighted by Crippen LogP contribution is 2.27. The molecule has 27 heavy (non-hydrogen) atoms. The van der Waals surface area contributed by atoms with Crippen molar-refractivity contribution in [2.75, 3.05) is 6.61 Å². The molecule has 1 heterocycles. The molecule has 2 aromatic carbocycles. The minimum absolute atomic E-state index is 0.429. The molecule has 3 aromatic rings. The average Bonchev–Trinajstić information content (AvgIpc) is 3.03. The summed E-state index contributed by atoms with van der Waals surface area (Å²) in [6.07, 6.45) is 0.606. The number of aromatic nitrogens is 1. The van der Waals surface area contributed by atoms with Crippen molar-refractivity contribution in [3.05, 3.63) is 71.6 Å². The van der Waals surface area contributed by atoms with Gasteiger partial charge in [-0.3, -0.25) is 4.79 Å². The molecule has 3 rings (SSSR count). The third kappa shape index (κ3) is 4.19. The maximum Gasteiger partial charge on any atom is 0.313 e. The van der Waals surface area contributed by atoms with Crippen LogP contribution in [0.2, 0.25) is 0 Å². The van der Waals surface area contributed by atoms with E-state index >= 15 is 0 Å². The normalized spacial score (nSPS) is 11.4. The zero-order valence-electron chi connectivity index (χ0n) is 15.7. The number of carboxylic acid groups (broad SMARTS) is 1. The fourth-order valence-electron chi connectivity index (χ4n) is 2.73. The minimum atomic E-state index is -0.966. The second-order valence-electron chi connectivity index (χ2n) is 6.94. The fraction of sp³-hybridized carbons (Fsp3) is 0.273. The first-order valence-electron chi connectivity index (χ1n) is 8.86. The lowest BCUT2D eigenvalue weighted by atomic mass is 9.85. The first kappa shape index (κ1) is 18.7. The molecule has 0 aliphatic rings. The van der Waals surface area contributed by atoms with E-state index in [1.807, 2.05) is 49.4 Å². The smallest absolute Gasteiger partial charge is 0.313 e. The van der Waals surface area contributed by atoms with Crippen LogP contribution in [0.25, 0.3) is 11.5 Å². The van der Waals surface area contributed by atoms with E-state index in [1.54, 1.807) is 26.0 Å². The number of benzene rings is 2. The summed E-state index contributed by atoms with van der Waals surface area (Å²) in [4.78, 5) is 16.0. The van der Waals surface area contributed by atoms with Crippen molar-refractivity contribution in [2.24, 2.45) is 0 Å². The van der Waals surface area contributed by atoms with Crippen molar-refractivity contribution >= 4 is 5.97 Å². The standard InChI is InChI=1S/C22H23NO4/c1-15-19(23-20(27-15)16-8-5-4-6-9-16)12-13-26-18-11-7-10-17(14-18)22(2,3)21(24)25/h4-11,14H,12-13H2,1-3H3,(H,24,25). The molecule has 0 bridgehead atoms. The maximum absolute atomic E-state index is 11.4. The van der Waals surface area contributed by atoms with Crippen molar-refractivity contribution in [3.8, 4) is 17.2 Å². The maximum atomic E-state index is 11.4. The molecule has 0 fully saturated rings. The Morgan fingerprint density at radius 3 is 2.59 bits per heavy atom. The summed E-state index contributed by atoms with van der Waals surface area (Å²) in [7, 11) is 0. The number of aliphatic carboxylic acids is 1. The molecule has 0 spiro atoms. The highest BCUT2D eigenvalue weighted by Gasteiger charge is 2.29. The molecule has 140 valence electrons. The first-order chi connectivity index (χ1) is 12.9. The number of ether oxygens (including phenoxy) is 1. The van der Waals surface area contributed by atoms with Crippen molar-refractivity contribution in [1.29, 1.82) is 0 Å². The summed E-state index contributed by atoms with van der Waals surface area (Å²) < 4.78 is 11.6. The van der Waals surface area contributed by atoms with E-state index in [-0.39, 0.29) is 0 Å². The van der Waals surface area contributed by atoms with Crippen LogP contribution >= 0.6 is 0 Å². The summed E-state index contributed by atoms with van der Waals surface area (Å²) in [5.74, 6) is 1.16. The van der Waals surface area contributed by atoms with Crippen LogP contribution in [-0.2, 0) is 16.6 Å². The lowest BCUT2D eigenvalue weighted by Gasteiger charge is -2.20. The van der Waals surface area contributed by atoms with Crippen LogP contribution < -0.4 is 4.74 Å². The monoisotopic (exact) mass is 365 g/mol. The molecular weight excluding hydrogens is 342 g/mol. The Kier molecular flexibility index (Phi) is 5.31. The molecule has 0 saturated heterocycles. The first-order valence-corrected chi connectivity index (χ1v) is 8.86. The molecule has 0 atom stereocenters. The molecule has 5 heteroatoms. The van der Waals surface area contributed by atoms with Gasteiger partial charge in [-0.1, -0.05) is 30.3 Å². The summed E-state index contributed by atoms with van der Waals surface area (Å²) in [5.41, 5.74) is 1.54. The van der Waals surface area contributed by atoms with Crippen molar-refractivity contribution in [1.82, 2.24) is 4.98 Å². The third-order valence-electron chi connectivity index (χ3n) is 4.61. The van der Waals surface area contributed by atoms with Crippen LogP contribution in [0.3, 0.4) is 0 Å². The van der Waals surface area contributed by atoms with Gasteiger partial charge >= 0.3 is 5.97 Å². The highest BCUT2D eigenvalue weighted by molar-refractivity contribution is 5.80. The Morgan fingerprint density at radius 2 is 1.89 bits per heavy atom. The molecule has 1 aromatic heterocycles.